The molecule has 0 atom stereocenters. The normalized spacial score (nSPS) is 10.3. The minimum atomic E-state index is 0.587. The number of fused-ring (bicyclic) bond motifs is 1. The molecular weight excluding hydrogens is 212 g/mol. The van der Waals surface area contributed by atoms with Gasteiger partial charge in [0.1, 0.15) is 6.07 Å². The van der Waals surface area contributed by atoms with Crippen LogP contribution >= 0.6 is 0 Å². The summed E-state index contributed by atoms with van der Waals surface area (Å²) in [4.78, 5) is 11.5. The van der Waals surface area contributed by atoms with Crippen molar-refractivity contribution < 1.29 is 0 Å². The summed E-state index contributed by atoms with van der Waals surface area (Å²) in [6, 6.07) is 11.6. The predicted molar refractivity (Wildman–Crippen MR) is 64.0 cm³/mol. The monoisotopic (exact) mass is 220 g/mol. The van der Waals surface area contributed by atoms with Gasteiger partial charge in [-0.1, -0.05) is 18.2 Å². The minimum absolute atomic E-state index is 0.587. The molecule has 0 unspecified atom stereocenters. The predicted octanol–water partition coefficient (Wildman–Crippen LogP) is 2.50. The Balaban J connectivity index is 2.29. The second-order valence-corrected chi connectivity index (χ2v) is 3.65. The molecule has 0 amide bonds. The SMILES string of the molecule is N#Cc1cccc2ccc(-c3cnc[nH]3)nc12. The van der Waals surface area contributed by atoms with E-state index in [9.17, 15) is 0 Å². The number of nitrogens with zero attached hydrogens (tertiary/aromatic N) is 3. The Morgan fingerprint density at radius 2 is 2.12 bits per heavy atom. The van der Waals surface area contributed by atoms with Gasteiger partial charge in [-0.15, -0.1) is 0 Å². The van der Waals surface area contributed by atoms with Gasteiger partial charge in [-0.3, -0.25) is 0 Å². The average Bonchev–Trinajstić information content (AvgIpc) is 2.91. The van der Waals surface area contributed by atoms with E-state index < -0.39 is 0 Å². The summed E-state index contributed by atoms with van der Waals surface area (Å²) >= 11 is 0. The summed E-state index contributed by atoms with van der Waals surface area (Å²) in [5.74, 6) is 0. The van der Waals surface area contributed by atoms with E-state index in [4.69, 9.17) is 5.26 Å². The third-order valence-corrected chi connectivity index (χ3v) is 2.61. The van der Waals surface area contributed by atoms with Gasteiger partial charge in [-0.25, -0.2) is 9.97 Å². The Kier molecular flexibility index (Phi) is 2.09. The van der Waals surface area contributed by atoms with E-state index in [1.807, 2.05) is 24.3 Å². The van der Waals surface area contributed by atoms with Gasteiger partial charge in [0.25, 0.3) is 0 Å². The summed E-state index contributed by atoms with van der Waals surface area (Å²) < 4.78 is 0. The fraction of sp³-hybridized carbons (Fsp3) is 0. The number of imidazole rings is 1. The molecule has 0 bridgehead atoms. The van der Waals surface area contributed by atoms with Crippen molar-refractivity contribution in [3.63, 3.8) is 0 Å². The van der Waals surface area contributed by atoms with Crippen LogP contribution in [0.25, 0.3) is 22.3 Å². The van der Waals surface area contributed by atoms with Crippen molar-refractivity contribution in [1.29, 1.82) is 5.26 Å². The van der Waals surface area contributed by atoms with Crippen LogP contribution in [0.15, 0.2) is 42.9 Å². The number of aromatic amines is 1. The summed E-state index contributed by atoms with van der Waals surface area (Å²) in [5.41, 5.74) is 2.95. The molecular formula is C13H8N4. The van der Waals surface area contributed by atoms with Crippen LogP contribution in [-0.4, -0.2) is 15.0 Å². The molecule has 1 aromatic carbocycles. The third kappa shape index (κ3) is 1.54. The minimum Gasteiger partial charge on any atom is -0.343 e. The highest BCUT2D eigenvalue weighted by molar-refractivity contribution is 5.85. The lowest BCUT2D eigenvalue weighted by Gasteiger charge is -2.02. The lowest BCUT2D eigenvalue weighted by molar-refractivity contribution is 1.29. The molecule has 0 fully saturated rings. The van der Waals surface area contributed by atoms with Gasteiger partial charge in [0.15, 0.2) is 0 Å². The second kappa shape index (κ2) is 3.72. The van der Waals surface area contributed by atoms with E-state index in [1.54, 1.807) is 18.6 Å². The largest absolute Gasteiger partial charge is 0.343 e. The van der Waals surface area contributed by atoms with E-state index in [0.717, 1.165) is 22.3 Å². The first-order valence-electron chi connectivity index (χ1n) is 5.17. The lowest BCUT2D eigenvalue weighted by Crippen LogP contribution is -1.88. The Labute approximate surface area is 97.6 Å². The number of nitriles is 1. The molecule has 1 N–H and O–H groups in total. The van der Waals surface area contributed by atoms with Crippen molar-refractivity contribution in [2.24, 2.45) is 0 Å². The first-order chi connectivity index (χ1) is 8.38. The number of hydrogen-bond acceptors (Lipinski definition) is 3. The molecule has 3 rings (SSSR count). The zero-order chi connectivity index (χ0) is 11.7. The van der Waals surface area contributed by atoms with Crippen LogP contribution in [0.5, 0.6) is 0 Å². The zero-order valence-corrected chi connectivity index (χ0v) is 8.88. The first kappa shape index (κ1) is 9.55. The molecule has 0 aliphatic rings. The number of hydrogen-bond donors (Lipinski definition) is 1. The van der Waals surface area contributed by atoms with Gasteiger partial charge in [-0.2, -0.15) is 5.26 Å². The Morgan fingerprint density at radius 3 is 2.88 bits per heavy atom. The molecule has 0 radical (unpaired) electrons. The Hall–Kier alpha value is -2.67. The average molecular weight is 220 g/mol. The molecule has 17 heavy (non-hydrogen) atoms. The number of para-hydroxylation sites is 1. The molecule has 3 aromatic rings. The number of aromatic nitrogens is 3. The van der Waals surface area contributed by atoms with Crippen molar-refractivity contribution in [3.05, 3.63) is 48.4 Å². The first-order valence-corrected chi connectivity index (χ1v) is 5.17. The van der Waals surface area contributed by atoms with Crippen LogP contribution in [0.2, 0.25) is 0 Å². The lowest BCUT2D eigenvalue weighted by atomic mass is 10.1. The molecule has 0 saturated heterocycles. The maximum atomic E-state index is 9.05. The Bertz CT molecular complexity index is 708. The van der Waals surface area contributed by atoms with Crippen molar-refractivity contribution in [2.45, 2.75) is 0 Å². The molecule has 80 valence electrons. The number of benzene rings is 1. The topological polar surface area (TPSA) is 65.4 Å². The summed E-state index contributed by atoms with van der Waals surface area (Å²) in [7, 11) is 0. The van der Waals surface area contributed by atoms with Gasteiger partial charge in [0.05, 0.1) is 35.0 Å². The zero-order valence-electron chi connectivity index (χ0n) is 8.88. The number of rotatable bonds is 1. The molecule has 0 saturated carbocycles. The van der Waals surface area contributed by atoms with Crippen molar-refractivity contribution in [2.75, 3.05) is 0 Å². The molecule has 0 spiro atoms. The van der Waals surface area contributed by atoms with E-state index >= 15 is 0 Å². The summed E-state index contributed by atoms with van der Waals surface area (Å²) in [5, 5.41) is 10.0. The number of nitrogens with one attached hydrogen (secondary N) is 1. The maximum Gasteiger partial charge on any atom is 0.101 e. The van der Waals surface area contributed by atoms with Crippen molar-refractivity contribution >= 4 is 10.9 Å². The quantitative estimate of drug-likeness (QED) is 0.685. The molecule has 0 aliphatic heterocycles. The highest BCUT2D eigenvalue weighted by Gasteiger charge is 2.05. The van der Waals surface area contributed by atoms with Crippen LogP contribution in [0.4, 0.5) is 0 Å². The van der Waals surface area contributed by atoms with E-state index in [2.05, 4.69) is 21.0 Å². The molecule has 0 aliphatic carbocycles. The van der Waals surface area contributed by atoms with Crippen LogP contribution in [0.3, 0.4) is 0 Å². The van der Waals surface area contributed by atoms with E-state index in [0.29, 0.717) is 5.56 Å². The van der Waals surface area contributed by atoms with Crippen molar-refractivity contribution in [3.8, 4) is 17.5 Å². The van der Waals surface area contributed by atoms with Crippen LogP contribution in [-0.2, 0) is 0 Å². The molecule has 2 heterocycles. The van der Waals surface area contributed by atoms with Gasteiger partial charge in [0.2, 0.25) is 0 Å². The Morgan fingerprint density at radius 1 is 1.18 bits per heavy atom. The second-order valence-electron chi connectivity index (χ2n) is 3.65. The van der Waals surface area contributed by atoms with Gasteiger partial charge >= 0.3 is 0 Å². The van der Waals surface area contributed by atoms with Crippen molar-refractivity contribution in [1.82, 2.24) is 15.0 Å². The standard InChI is InChI=1S/C13H8N4/c14-6-10-3-1-2-9-4-5-11(17-13(9)10)12-7-15-8-16-12/h1-5,7-8H,(H,15,16). The van der Waals surface area contributed by atoms with E-state index in [-0.39, 0.29) is 0 Å². The molecule has 4 heteroatoms. The molecule has 2 aromatic heterocycles. The third-order valence-electron chi connectivity index (χ3n) is 2.61. The van der Waals surface area contributed by atoms with Crippen LogP contribution in [0.1, 0.15) is 5.56 Å². The summed E-state index contributed by atoms with van der Waals surface area (Å²) in [6.07, 6.45) is 3.32. The highest BCUT2D eigenvalue weighted by atomic mass is 14.9. The van der Waals surface area contributed by atoms with Gasteiger partial charge in [-0.05, 0) is 12.1 Å². The fourth-order valence-electron chi connectivity index (χ4n) is 1.78. The molecule has 4 nitrogen and oxygen atoms in total. The van der Waals surface area contributed by atoms with Gasteiger partial charge < -0.3 is 4.98 Å². The smallest absolute Gasteiger partial charge is 0.101 e. The summed E-state index contributed by atoms with van der Waals surface area (Å²) in [6.45, 7) is 0. The number of pyridine rings is 1. The van der Waals surface area contributed by atoms with Crippen LogP contribution < -0.4 is 0 Å². The van der Waals surface area contributed by atoms with E-state index in [1.165, 1.54) is 0 Å². The number of H-pyrrole nitrogens is 1. The van der Waals surface area contributed by atoms with Gasteiger partial charge in [0, 0.05) is 5.39 Å². The fourth-order valence-corrected chi connectivity index (χ4v) is 1.78. The highest BCUT2D eigenvalue weighted by Crippen LogP contribution is 2.21. The van der Waals surface area contributed by atoms with Crippen LogP contribution in [0, 0.1) is 11.3 Å². The maximum absolute atomic E-state index is 9.05.